The number of aromatic amines is 1. The Morgan fingerprint density at radius 1 is 0.447 bits per heavy atom. The number of benzene rings is 1. The Kier molecular flexibility index (Phi) is 27.2. The molecule has 1 aromatic heterocycles. The molecule has 3 heteroatoms. The van der Waals surface area contributed by atoms with Crippen molar-refractivity contribution in [2.45, 2.75) is 194 Å². The molecule has 2 rings (SSSR count). The van der Waals surface area contributed by atoms with Crippen molar-refractivity contribution >= 4 is 10.9 Å². The van der Waals surface area contributed by atoms with Crippen LogP contribution in [-0.2, 0) is 0 Å². The van der Waals surface area contributed by atoms with Crippen molar-refractivity contribution in [3.8, 4) is 11.5 Å². The van der Waals surface area contributed by atoms with Gasteiger partial charge in [-0.1, -0.05) is 154 Å². The minimum Gasteiger partial charge on any atom is -0.490 e. The summed E-state index contributed by atoms with van der Waals surface area (Å²) in [5, 5.41) is 1.19. The van der Waals surface area contributed by atoms with Gasteiger partial charge in [0.2, 0.25) is 0 Å². The zero-order chi connectivity index (χ0) is 33.3. The molecular formula is C44H75NO2. The highest BCUT2D eigenvalue weighted by atomic mass is 16.5. The van der Waals surface area contributed by atoms with Crippen LogP contribution in [0.1, 0.15) is 194 Å². The number of unbranched alkanes of at least 4 members (excludes halogenated alkanes) is 24. The zero-order valence-electron chi connectivity index (χ0n) is 31.1. The van der Waals surface area contributed by atoms with Crippen LogP contribution in [-0.4, -0.2) is 18.2 Å². The van der Waals surface area contributed by atoms with E-state index in [0.29, 0.717) is 0 Å². The van der Waals surface area contributed by atoms with Crippen molar-refractivity contribution in [2.75, 3.05) is 13.2 Å². The average molecular weight is 650 g/mol. The summed E-state index contributed by atoms with van der Waals surface area (Å²) < 4.78 is 12.5. The molecule has 0 saturated carbocycles. The maximum atomic E-state index is 6.26. The fourth-order valence-corrected chi connectivity index (χ4v) is 6.35. The van der Waals surface area contributed by atoms with E-state index in [1.807, 2.05) is 6.20 Å². The lowest BCUT2D eigenvalue weighted by Crippen LogP contribution is -2.03. The normalized spacial score (nSPS) is 11.9. The van der Waals surface area contributed by atoms with Crippen LogP contribution >= 0.6 is 0 Å². The van der Waals surface area contributed by atoms with E-state index < -0.39 is 0 Å². The van der Waals surface area contributed by atoms with Crippen molar-refractivity contribution in [3.05, 3.63) is 48.7 Å². The Hall–Kier alpha value is -2.16. The van der Waals surface area contributed by atoms with Crippen LogP contribution in [0.3, 0.4) is 0 Å². The molecule has 2 aromatic rings. The lowest BCUT2D eigenvalue weighted by molar-refractivity contribution is 0.259. The minimum absolute atomic E-state index is 0.762. The molecule has 0 aliphatic carbocycles. The molecular weight excluding hydrogens is 574 g/mol. The van der Waals surface area contributed by atoms with E-state index in [2.05, 4.69) is 61.3 Å². The topological polar surface area (TPSA) is 34.2 Å². The first-order valence-corrected chi connectivity index (χ1v) is 20.5. The Labute approximate surface area is 291 Å². The third-order valence-electron chi connectivity index (χ3n) is 9.45. The first-order chi connectivity index (χ1) is 23.3. The lowest BCUT2D eigenvalue weighted by atomic mass is 10.1. The number of aromatic nitrogens is 1. The first-order valence-electron chi connectivity index (χ1n) is 20.5. The van der Waals surface area contributed by atoms with Gasteiger partial charge in [0.15, 0.2) is 11.5 Å². The van der Waals surface area contributed by atoms with Gasteiger partial charge in [-0.25, -0.2) is 0 Å². The van der Waals surface area contributed by atoms with Gasteiger partial charge in [-0.05, 0) is 76.3 Å². The monoisotopic (exact) mass is 650 g/mol. The number of hydrogen-bond donors (Lipinski definition) is 1. The standard InChI is InChI=1S/C44H75NO2/c1-3-5-7-9-11-13-15-17-19-21-23-25-27-29-31-33-37-46-43-39-41-35-36-45-42(41)40-44(43)47-38-34-32-30-28-26-24-22-20-18-16-14-12-10-8-6-4-2/h17-20,35-36,39-40,45H,3-16,21-34,37-38H2,1-2H3. The molecule has 0 bridgehead atoms. The van der Waals surface area contributed by atoms with Gasteiger partial charge in [0, 0.05) is 23.2 Å². The van der Waals surface area contributed by atoms with Crippen LogP contribution in [0, 0.1) is 0 Å². The van der Waals surface area contributed by atoms with Gasteiger partial charge in [0.05, 0.1) is 13.2 Å². The maximum Gasteiger partial charge on any atom is 0.163 e. The molecule has 0 spiro atoms. The molecule has 1 aromatic carbocycles. The Morgan fingerprint density at radius 3 is 1.23 bits per heavy atom. The molecule has 0 aliphatic rings. The highest BCUT2D eigenvalue weighted by molar-refractivity contribution is 5.83. The molecule has 0 atom stereocenters. The van der Waals surface area contributed by atoms with E-state index in [0.717, 1.165) is 43.1 Å². The summed E-state index contributed by atoms with van der Waals surface area (Å²) in [7, 11) is 0. The van der Waals surface area contributed by atoms with Gasteiger partial charge in [0.1, 0.15) is 0 Å². The second-order valence-electron chi connectivity index (χ2n) is 13.9. The Morgan fingerprint density at radius 2 is 0.809 bits per heavy atom. The van der Waals surface area contributed by atoms with Crippen LogP contribution in [0.2, 0.25) is 0 Å². The summed E-state index contributed by atoms with van der Waals surface area (Å²) >= 11 is 0. The van der Waals surface area contributed by atoms with E-state index in [-0.39, 0.29) is 0 Å². The van der Waals surface area contributed by atoms with Crippen LogP contribution in [0.25, 0.3) is 10.9 Å². The van der Waals surface area contributed by atoms with Crippen molar-refractivity contribution < 1.29 is 9.47 Å². The average Bonchev–Trinajstić information content (AvgIpc) is 3.54. The van der Waals surface area contributed by atoms with Gasteiger partial charge < -0.3 is 14.5 Å². The molecule has 0 fully saturated rings. The molecule has 47 heavy (non-hydrogen) atoms. The van der Waals surface area contributed by atoms with Crippen molar-refractivity contribution in [1.29, 1.82) is 0 Å². The Bertz CT molecular complexity index is 927. The maximum absolute atomic E-state index is 6.26. The van der Waals surface area contributed by atoms with Gasteiger partial charge in [-0.3, -0.25) is 0 Å². The number of ether oxygens (including phenoxy) is 2. The molecule has 0 radical (unpaired) electrons. The molecule has 1 heterocycles. The third-order valence-corrected chi connectivity index (χ3v) is 9.45. The molecule has 0 aliphatic heterocycles. The predicted octanol–water partition coefficient (Wildman–Crippen LogP) is 15.0. The molecule has 3 nitrogen and oxygen atoms in total. The van der Waals surface area contributed by atoms with Crippen LogP contribution in [0.5, 0.6) is 11.5 Å². The lowest BCUT2D eigenvalue weighted by Gasteiger charge is -2.13. The van der Waals surface area contributed by atoms with Crippen molar-refractivity contribution in [1.82, 2.24) is 4.98 Å². The molecule has 1 N–H and O–H groups in total. The number of hydrogen-bond acceptors (Lipinski definition) is 2. The predicted molar refractivity (Wildman–Crippen MR) is 208 cm³/mol. The van der Waals surface area contributed by atoms with Gasteiger partial charge in [0.25, 0.3) is 0 Å². The number of nitrogens with one attached hydrogen (secondary N) is 1. The second kappa shape index (κ2) is 31.1. The minimum atomic E-state index is 0.762. The fourth-order valence-electron chi connectivity index (χ4n) is 6.35. The largest absolute Gasteiger partial charge is 0.490 e. The van der Waals surface area contributed by atoms with Crippen LogP contribution in [0.4, 0.5) is 0 Å². The third kappa shape index (κ3) is 22.9. The highest BCUT2D eigenvalue weighted by Gasteiger charge is 2.09. The SMILES string of the molecule is CCCCCCCCC=CCCCCCCCCOc1cc2cc[nH]c2cc1OCCCCCCCCC=CCCCCCCCC. The van der Waals surface area contributed by atoms with E-state index in [9.17, 15) is 0 Å². The summed E-state index contributed by atoms with van der Waals surface area (Å²) in [6.45, 7) is 6.10. The van der Waals surface area contributed by atoms with Gasteiger partial charge in [-0.2, -0.15) is 0 Å². The highest BCUT2D eigenvalue weighted by Crippen LogP contribution is 2.32. The van der Waals surface area contributed by atoms with E-state index in [1.54, 1.807) is 0 Å². The van der Waals surface area contributed by atoms with Gasteiger partial charge in [-0.15, -0.1) is 0 Å². The number of H-pyrrole nitrogens is 1. The fraction of sp³-hybridized carbons (Fsp3) is 0.727. The second-order valence-corrected chi connectivity index (χ2v) is 13.9. The van der Waals surface area contributed by atoms with Gasteiger partial charge >= 0.3 is 0 Å². The summed E-state index contributed by atoms with van der Waals surface area (Å²) in [6, 6.07) is 6.37. The van der Waals surface area contributed by atoms with Crippen LogP contribution in [0.15, 0.2) is 48.7 Å². The number of rotatable bonds is 34. The van der Waals surface area contributed by atoms with Crippen molar-refractivity contribution in [3.63, 3.8) is 0 Å². The summed E-state index contributed by atoms with van der Waals surface area (Å²) in [6.07, 6.45) is 48.8. The summed E-state index contributed by atoms with van der Waals surface area (Å²) in [5.74, 6) is 1.78. The van der Waals surface area contributed by atoms with Crippen molar-refractivity contribution in [2.24, 2.45) is 0 Å². The molecule has 268 valence electrons. The molecule has 0 amide bonds. The summed E-state index contributed by atoms with van der Waals surface area (Å²) in [4.78, 5) is 3.33. The van der Waals surface area contributed by atoms with Crippen LogP contribution < -0.4 is 9.47 Å². The van der Waals surface area contributed by atoms with E-state index in [4.69, 9.17) is 9.47 Å². The zero-order valence-corrected chi connectivity index (χ0v) is 31.1. The quantitative estimate of drug-likeness (QED) is 0.0604. The number of allylic oxidation sites excluding steroid dienone is 4. The molecule has 0 saturated heterocycles. The molecule has 0 unspecified atom stereocenters. The van der Waals surface area contributed by atoms with E-state index >= 15 is 0 Å². The van der Waals surface area contributed by atoms with E-state index in [1.165, 1.54) is 172 Å². The summed E-state index contributed by atoms with van der Waals surface area (Å²) in [5.41, 5.74) is 1.12. The Balaban J connectivity index is 1.46. The smallest absolute Gasteiger partial charge is 0.163 e. The first kappa shape index (κ1) is 41.0. The number of fused-ring (bicyclic) bond motifs is 1.